The first-order valence-corrected chi connectivity index (χ1v) is 5.61. The topological polar surface area (TPSA) is 26.3 Å². The molecule has 0 bridgehead atoms. The first-order chi connectivity index (χ1) is 6.74. The third-order valence-electron chi connectivity index (χ3n) is 2.66. The third-order valence-corrected chi connectivity index (χ3v) is 2.66. The number of carbonyl (C=O) groups excluding carboxylic acids is 1. The van der Waals surface area contributed by atoms with Crippen molar-refractivity contribution < 1.29 is 9.53 Å². The molecule has 2 nitrogen and oxygen atoms in total. The van der Waals surface area contributed by atoms with Crippen molar-refractivity contribution in [3.8, 4) is 0 Å². The van der Waals surface area contributed by atoms with Gasteiger partial charge in [0, 0.05) is 5.57 Å². The molecule has 0 aliphatic heterocycles. The van der Waals surface area contributed by atoms with Crippen LogP contribution in [0.15, 0.2) is 11.6 Å². The molecule has 1 aliphatic carbocycles. The van der Waals surface area contributed by atoms with E-state index in [0.29, 0.717) is 0 Å². The van der Waals surface area contributed by atoms with E-state index in [1.54, 1.807) is 0 Å². The van der Waals surface area contributed by atoms with Gasteiger partial charge in [-0.15, -0.1) is 0 Å². The van der Waals surface area contributed by atoms with Crippen LogP contribution < -0.4 is 0 Å². The quantitative estimate of drug-likeness (QED) is 0.511. The summed E-state index contributed by atoms with van der Waals surface area (Å²) in [6, 6.07) is 0. The fourth-order valence-corrected chi connectivity index (χ4v) is 1.82. The molecule has 80 valence electrons. The average molecular weight is 196 g/mol. The van der Waals surface area contributed by atoms with Gasteiger partial charge in [-0.25, -0.2) is 4.79 Å². The molecule has 0 N–H and O–H groups in total. The number of ether oxygens (including phenoxy) is 1. The van der Waals surface area contributed by atoms with E-state index in [4.69, 9.17) is 4.74 Å². The lowest BCUT2D eigenvalue weighted by molar-refractivity contribution is -0.145. The number of hydrogen-bond acceptors (Lipinski definition) is 2. The van der Waals surface area contributed by atoms with E-state index in [1.807, 2.05) is 19.9 Å². The van der Waals surface area contributed by atoms with Crippen molar-refractivity contribution in [3.05, 3.63) is 11.6 Å². The Morgan fingerprint density at radius 2 is 2.00 bits per heavy atom. The zero-order chi connectivity index (χ0) is 10.4. The standard InChI is InChI=1S/C12H20O2/c1-3-7-10(2)12(13)14-11-8-5-4-6-9-11/h7,11H,3-6,8-9H2,1-2H3/b10-7+. The molecular weight excluding hydrogens is 176 g/mol. The minimum absolute atomic E-state index is 0.126. The Balaban J connectivity index is 2.35. The van der Waals surface area contributed by atoms with Crippen LogP contribution in [0.3, 0.4) is 0 Å². The molecule has 0 atom stereocenters. The predicted molar refractivity (Wildman–Crippen MR) is 57.0 cm³/mol. The highest BCUT2D eigenvalue weighted by molar-refractivity contribution is 5.87. The van der Waals surface area contributed by atoms with Crippen molar-refractivity contribution in [2.45, 2.75) is 58.5 Å². The Hall–Kier alpha value is -0.790. The second kappa shape index (κ2) is 5.84. The van der Waals surface area contributed by atoms with Gasteiger partial charge in [-0.05, 0) is 39.0 Å². The summed E-state index contributed by atoms with van der Waals surface area (Å²) in [7, 11) is 0. The van der Waals surface area contributed by atoms with Crippen molar-refractivity contribution in [1.29, 1.82) is 0 Å². The zero-order valence-electron chi connectivity index (χ0n) is 9.21. The summed E-state index contributed by atoms with van der Waals surface area (Å²) in [5, 5.41) is 0. The second-order valence-electron chi connectivity index (χ2n) is 3.96. The van der Waals surface area contributed by atoms with Crippen LogP contribution in [-0.4, -0.2) is 12.1 Å². The molecular formula is C12H20O2. The van der Waals surface area contributed by atoms with E-state index in [2.05, 4.69) is 0 Å². The van der Waals surface area contributed by atoms with Crippen LogP contribution in [0.1, 0.15) is 52.4 Å². The Kier molecular flexibility index (Phi) is 4.71. The second-order valence-corrected chi connectivity index (χ2v) is 3.96. The minimum atomic E-state index is -0.126. The van der Waals surface area contributed by atoms with E-state index in [0.717, 1.165) is 24.8 Å². The molecule has 1 saturated carbocycles. The first-order valence-electron chi connectivity index (χ1n) is 5.61. The van der Waals surface area contributed by atoms with Gasteiger partial charge in [-0.1, -0.05) is 19.4 Å². The van der Waals surface area contributed by atoms with Crippen LogP contribution >= 0.6 is 0 Å². The summed E-state index contributed by atoms with van der Waals surface area (Å²) in [5.74, 6) is -0.126. The van der Waals surface area contributed by atoms with E-state index in [9.17, 15) is 4.79 Å². The van der Waals surface area contributed by atoms with Gasteiger partial charge in [0.25, 0.3) is 0 Å². The molecule has 1 rings (SSSR count). The van der Waals surface area contributed by atoms with Gasteiger partial charge in [-0.3, -0.25) is 0 Å². The molecule has 0 aromatic carbocycles. The minimum Gasteiger partial charge on any atom is -0.459 e. The molecule has 0 radical (unpaired) electrons. The van der Waals surface area contributed by atoms with Crippen molar-refractivity contribution in [2.24, 2.45) is 0 Å². The smallest absolute Gasteiger partial charge is 0.333 e. The van der Waals surface area contributed by atoms with E-state index >= 15 is 0 Å². The van der Waals surface area contributed by atoms with Crippen LogP contribution in [-0.2, 0) is 9.53 Å². The Bertz CT molecular complexity index is 212. The van der Waals surface area contributed by atoms with Crippen molar-refractivity contribution in [1.82, 2.24) is 0 Å². The highest BCUT2D eigenvalue weighted by atomic mass is 16.5. The lowest BCUT2D eigenvalue weighted by atomic mass is 9.98. The molecule has 0 spiro atoms. The summed E-state index contributed by atoms with van der Waals surface area (Å²) in [4.78, 5) is 11.5. The fraction of sp³-hybridized carbons (Fsp3) is 0.750. The largest absolute Gasteiger partial charge is 0.459 e. The summed E-state index contributed by atoms with van der Waals surface area (Å²) >= 11 is 0. The molecule has 0 aromatic heterocycles. The summed E-state index contributed by atoms with van der Waals surface area (Å²) < 4.78 is 5.40. The maximum atomic E-state index is 11.5. The maximum absolute atomic E-state index is 11.5. The maximum Gasteiger partial charge on any atom is 0.333 e. The SMILES string of the molecule is CC/C=C(\C)C(=O)OC1CCCCC1. The number of esters is 1. The first kappa shape index (κ1) is 11.3. The normalized spacial score (nSPS) is 19.4. The lowest BCUT2D eigenvalue weighted by Crippen LogP contribution is -2.21. The molecule has 0 aromatic rings. The molecule has 0 unspecified atom stereocenters. The highest BCUT2D eigenvalue weighted by Crippen LogP contribution is 2.21. The van der Waals surface area contributed by atoms with Gasteiger partial charge < -0.3 is 4.74 Å². The van der Waals surface area contributed by atoms with Crippen LogP contribution in [0.25, 0.3) is 0 Å². The molecule has 0 amide bonds. The van der Waals surface area contributed by atoms with E-state index in [1.165, 1.54) is 19.3 Å². The van der Waals surface area contributed by atoms with Gasteiger partial charge in [0.05, 0.1) is 0 Å². The summed E-state index contributed by atoms with van der Waals surface area (Å²) in [6.07, 6.45) is 8.78. The molecule has 14 heavy (non-hydrogen) atoms. The monoisotopic (exact) mass is 196 g/mol. The van der Waals surface area contributed by atoms with Gasteiger partial charge in [0.1, 0.15) is 6.10 Å². The van der Waals surface area contributed by atoms with Crippen LogP contribution in [0.4, 0.5) is 0 Å². The number of hydrogen-bond donors (Lipinski definition) is 0. The molecule has 0 heterocycles. The van der Waals surface area contributed by atoms with Gasteiger partial charge in [0.15, 0.2) is 0 Å². The number of carbonyl (C=O) groups is 1. The summed E-state index contributed by atoms with van der Waals surface area (Å²) in [6.45, 7) is 3.85. The van der Waals surface area contributed by atoms with Crippen LogP contribution in [0.5, 0.6) is 0 Å². The molecule has 0 saturated heterocycles. The van der Waals surface area contributed by atoms with Crippen molar-refractivity contribution >= 4 is 5.97 Å². The number of allylic oxidation sites excluding steroid dienone is 1. The molecule has 1 aliphatic rings. The average Bonchev–Trinajstić information content (AvgIpc) is 2.19. The van der Waals surface area contributed by atoms with E-state index in [-0.39, 0.29) is 12.1 Å². The number of rotatable bonds is 3. The van der Waals surface area contributed by atoms with Crippen molar-refractivity contribution in [2.75, 3.05) is 0 Å². The van der Waals surface area contributed by atoms with Gasteiger partial charge in [-0.2, -0.15) is 0 Å². The predicted octanol–water partition coefficient (Wildman–Crippen LogP) is 3.22. The lowest BCUT2D eigenvalue weighted by Gasteiger charge is -2.21. The molecule has 1 fully saturated rings. The van der Waals surface area contributed by atoms with Gasteiger partial charge >= 0.3 is 5.97 Å². The van der Waals surface area contributed by atoms with Gasteiger partial charge in [0.2, 0.25) is 0 Å². The fourth-order valence-electron chi connectivity index (χ4n) is 1.82. The molecule has 2 heteroatoms. The van der Waals surface area contributed by atoms with Crippen LogP contribution in [0.2, 0.25) is 0 Å². The summed E-state index contributed by atoms with van der Waals surface area (Å²) in [5.41, 5.74) is 0.748. The van der Waals surface area contributed by atoms with Crippen molar-refractivity contribution in [3.63, 3.8) is 0 Å². The highest BCUT2D eigenvalue weighted by Gasteiger charge is 2.17. The zero-order valence-corrected chi connectivity index (χ0v) is 9.21. The Labute approximate surface area is 86.3 Å². The van der Waals surface area contributed by atoms with Crippen LogP contribution in [0, 0.1) is 0 Å². The third kappa shape index (κ3) is 3.52. The Morgan fingerprint density at radius 3 is 2.57 bits per heavy atom. The Morgan fingerprint density at radius 1 is 1.36 bits per heavy atom. The van der Waals surface area contributed by atoms with E-state index < -0.39 is 0 Å².